The molecule has 2 rings (SSSR count). The monoisotopic (exact) mass is 365 g/mol. The molecule has 0 amide bonds. The third kappa shape index (κ3) is 4.34. The van der Waals surface area contributed by atoms with Gasteiger partial charge in [-0.15, -0.1) is 0 Å². The Kier molecular flexibility index (Phi) is 6.76. The van der Waals surface area contributed by atoms with Gasteiger partial charge in [0, 0.05) is 16.2 Å². The lowest BCUT2D eigenvalue weighted by Crippen LogP contribution is -2.15. The fourth-order valence-electron chi connectivity index (χ4n) is 2.26. The highest BCUT2D eigenvalue weighted by Crippen LogP contribution is 2.31. The lowest BCUT2D eigenvalue weighted by atomic mass is 9.93. The Bertz CT molecular complexity index is 734. The molecule has 0 N–H and O–H groups in total. The molecule has 1 unspecified atom stereocenters. The first-order chi connectivity index (χ1) is 11.6. The SMILES string of the molecule is CCCCOC(=O)c1cccnc1C(C=O)c1ccc(Cl)cc1Cl. The second-order valence-electron chi connectivity index (χ2n) is 5.21. The number of aldehydes is 1. The molecule has 0 saturated carbocycles. The number of carbonyl (C=O) groups excluding carboxylic acids is 2. The van der Waals surface area contributed by atoms with Crippen molar-refractivity contribution in [1.82, 2.24) is 4.98 Å². The average Bonchev–Trinajstić information content (AvgIpc) is 2.58. The molecule has 1 atom stereocenters. The zero-order valence-corrected chi connectivity index (χ0v) is 14.7. The van der Waals surface area contributed by atoms with Gasteiger partial charge in [0.1, 0.15) is 6.29 Å². The number of carbonyl (C=O) groups is 2. The van der Waals surface area contributed by atoms with Gasteiger partial charge in [0.15, 0.2) is 0 Å². The molecule has 6 heteroatoms. The molecule has 126 valence electrons. The Balaban J connectivity index is 2.38. The first kappa shape index (κ1) is 18.4. The van der Waals surface area contributed by atoms with E-state index >= 15 is 0 Å². The van der Waals surface area contributed by atoms with Crippen LogP contribution >= 0.6 is 23.2 Å². The van der Waals surface area contributed by atoms with Crippen LogP contribution in [0.1, 0.15) is 47.3 Å². The van der Waals surface area contributed by atoms with Crippen molar-refractivity contribution < 1.29 is 14.3 Å². The molecule has 0 radical (unpaired) electrons. The van der Waals surface area contributed by atoms with Crippen molar-refractivity contribution in [3.8, 4) is 0 Å². The second-order valence-corrected chi connectivity index (χ2v) is 6.05. The maximum Gasteiger partial charge on any atom is 0.340 e. The molecule has 0 fully saturated rings. The summed E-state index contributed by atoms with van der Waals surface area (Å²) in [7, 11) is 0. The van der Waals surface area contributed by atoms with Gasteiger partial charge in [-0.25, -0.2) is 4.79 Å². The van der Waals surface area contributed by atoms with E-state index in [9.17, 15) is 9.59 Å². The van der Waals surface area contributed by atoms with Gasteiger partial charge < -0.3 is 9.53 Å². The zero-order valence-electron chi connectivity index (χ0n) is 13.2. The van der Waals surface area contributed by atoms with Gasteiger partial charge in [0.05, 0.1) is 23.8 Å². The van der Waals surface area contributed by atoms with Crippen LogP contribution in [0.25, 0.3) is 0 Å². The highest BCUT2D eigenvalue weighted by atomic mass is 35.5. The minimum absolute atomic E-state index is 0.261. The van der Waals surface area contributed by atoms with E-state index in [0.717, 1.165) is 12.8 Å². The van der Waals surface area contributed by atoms with Crippen LogP contribution < -0.4 is 0 Å². The van der Waals surface area contributed by atoms with Crippen LogP contribution in [0.5, 0.6) is 0 Å². The van der Waals surface area contributed by atoms with Crippen molar-refractivity contribution in [2.75, 3.05) is 6.61 Å². The van der Waals surface area contributed by atoms with Crippen LogP contribution in [0.2, 0.25) is 10.0 Å². The number of nitrogens with zero attached hydrogens (tertiary/aromatic N) is 1. The molecule has 0 bridgehead atoms. The van der Waals surface area contributed by atoms with Crippen molar-refractivity contribution in [3.63, 3.8) is 0 Å². The van der Waals surface area contributed by atoms with Crippen molar-refractivity contribution in [1.29, 1.82) is 0 Å². The molecule has 0 aliphatic rings. The number of hydrogen-bond acceptors (Lipinski definition) is 4. The number of pyridine rings is 1. The number of hydrogen-bond donors (Lipinski definition) is 0. The van der Waals surface area contributed by atoms with E-state index in [2.05, 4.69) is 4.98 Å². The molecule has 24 heavy (non-hydrogen) atoms. The molecule has 0 aliphatic heterocycles. The van der Waals surface area contributed by atoms with Crippen LogP contribution in [0.4, 0.5) is 0 Å². The number of rotatable bonds is 7. The summed E-state index contributed by atoms with van der Waals surface area (Å²) in [5.41, 5.74) is 1.12. The minimum Gasteiger partial charge on any atom is -0.462 e. The molecule has 1 aromatic heterocycles. The summed E-state index contributed by atoms with van der Waals surface area (Å²) >= 11 is 12.1. The zero-order chi connectivity index (χ0) is 17.5. The topological polar surface area (TPSA) is 56.3 Å². The van der Waals surface area contributed by atoms with Crippen LogP contribution in [-0.2, 0) is 9.53 Å². The fourth-order valence-corrected chi connectivity index (χ4v) is 2.79. The van der Waals surface area contributed by atoms with Crippen LogP contribution in [0.3, 0.4) is 0 Å². The second kappa shape index (κ2) is 8.81. The maximum absolute atomic E-state index is 12.3. The number of unbranched alkanes of at least 4 members (excludes halogenated alkanes) is 1. The van der Waals surface area contributed by atoms with Crippen LogP contribution in [0, 0.1) is 0 Å². The Hall–Kier alpha value is -1.91. The number of benzene rings is 1. The van der Waals surface area contributed by atoms with E-state index in [1.165, 1.54) is 6.20 Å². The maximum atomic E-state index is 12.3. The molecule has 1 heterocycles. The van der Waals surface area contributed by atoms with Gasteiger partial charge in [-0.05, 0) is 36.2 Å². The summed E-state index contributed by atoms with van der Waals surface area (Å²) in [6, 6.07) is 8.07. The van der Waals surface area contributed by atoms with E-state index in [1.54, 1.807) is 30.3 Å². The van der Waals surface area contributed by atoms with Gasteiger partial charge in [-0.3, -0.25) is 4.98 Å². The molecule has 2 aromatic rings. The van der Waals surface area contributed by atoms with E-state index in [4.69, 9.17) is 27.9 Å². The quantitative estimate of drug-likeness (QED) is 0.406. The largest absolute Gasteiger partial charge is 0.462 e. The van der Waals surface area contributed by atoms with Gasteiger partial charge in [-0.1, -0.05) is 42.6 Å². The fraction of sp³-hybridized carbons (Fsp3) is 0.278. The number of halogens is 2. The van der Waals surface area contributed by atoms with E-state index < -0.39 is 11.9 Å². The molecule has 0 aliphatic carbocycles. The summed E-state index contributed by atoms with van der Waals surface area (Å²) < 4.78 is 5.24. The standard InChI is InChI=1S/C18H17Cl2NO3/c1-2-3-9-24-18(23)14-5-4-8-21-17(14)15(11-22)13-7-6-12(19)10-16(13)20/h4-8,10-11,15H,2-3,9H2,1H3. The highest BCUT2D eigenvalue weighted by molar-refractivity contribution is 6.35. The Labute approximate surface area is 150 Å². The van der Waals surface area contributed by atoms with Crippen LogP contribution in [0.15, 0.2) is 36.5 Å². The predicted molar refractivity (Wildman–Crippen MR) is 93.8 cm³/mol. The minimum atomic E-state index is -0.773. The number of aromatic nitrogens is 1. The van der Waals surface area contributed by atoms with E-state index in [1.807, 2.05) is 6.92 Å². The summed E-state index contributed by atoms with van der Waals surface area (Å²) in [6.07, 6.45) is 3.94. The van der Waals surface area contributed by atoms with Gasteiger partial charge in [-0.2, -0.15) is 0 Å². The Morgan fingerprint density at radius 2 is 2.12 bits per heavy atom. The van der Waals surface area contributed by atoms with E-state index in [0.29, 0.717) is 34.2 Å². The molecule has 1 aromatic carbocycles. The van der Waals surface area contributed by atoms with Crippen LogP contribution in [-0.4, -0.2) is 23.8 Å². The molecule has 0 saturated heterocycles. The Morgan fingerprint density at radius 3 is 2.79 bits per heavy atom. The normalized spacial score (nSPS) is 11.8. The first-order valence-corrected chi connectivity index (χ1v) is 8.36. The summed E-state index contributed by atoms with van der Waals surface area (Å²) in [5.74, 6) is -1.27. The van der Waals surface area contributed by atoms with Gasteiger partial charge >= 0.3 is 5.97 Å². The smallest absolute Gasteiger partial charge is 0.340 e. The molecular weight excluding hydrogens is 349 g/mol. The summed E-state index contributed by atoms with van der Waals surface area (Å²) in [4.78, 5) is 28.2. The molecule has 4 nitrogen and oxygen atoms in total. The van der Waals surface area contributed by atoms with Crippen molar-refractivity contribution in [2.24, 2.45) is 0 Å². The van der Waals surface area contributed by atoms with Crippen molar-refractivity contribution in [2.45, 2.75) is 25.7 Å². The Morgan fingerprint density at radius 1 is 1.33 bits per heavy atom. The molecule has 0 spiro atoms. The third-order valence-electron chi connectivity index (χ3n) is 3.52. The highest BCUT2D eigenvalue weighted by Gasteiger charge is 2.24. The average molecular weight is 366 g/mol. The number of ether oxygens (including phenoxy) is 1. The van der Waals surface area contributed by atoms with Gasteiger partial charge in [0.25, 0.3) is 0 Å². The van der Waals surface area contributed by atoms with Gasteiger partial charge in [0.2, 0.25) is 0 Å². The first-order valence-electron chi connectivity index (χ1n) is 7.60. The lowest BCUT2D eigenvalue weighted by molar-refractivity contribution is -0.108. The van der Waals surface area contributed by atoms with Crippen molar-refractivity contribution >= 4 is 35.5 Å². The number of esters is 1. The van der Waals surface area contributed by atoms with Crippen molar-refractivity contribution in [3.05, 3.63) is 63.4 Å². The third-order valence-corrected chi connectivity index (χ3v) is 4.08. The molecular formula is C18H17Cl2NO3. The lowest BCUT2D eigenvalue weighted by Gasteiger charge is -2.15. The summed E-state index contributed by atoms with van der Waals surface area (Å²) in [5, 5.41) is 0.809. The van der Waals surface area contributed by atoms with E-state index in [-0.39, 0.29) is 5.56 Å². The summed E-state index contributed by atoms with van der Waals surface area (Å²) in [6.45, 7) is 2.34. The predicted octanol–water partition coefficient (Wildman–Crippen LogP) is 4.68.